The van der Waals surface area contributed by atoms with Gasteiger partial charge >= 0.3 is 89.1 Å². The van der Waals surface area contributed by atoms with E-state index in [0.717, 1.165) is 24.8 Å². The van der Waals surface area contributed by atoms with Gasteiger partial charge in [0, 0.05) is 17.3 Å². The number of carbonyl (C=O) groups is 4. The molecular formula is C42H59KLi2O16. The average Bonchev–Trinajstić information content (AvgIpc) is 3.13. The van der Waals surface area contributed by atoms with Crippen molar-refractivity contribution in [1.29, 1.82) is 0 Å². The van der Waals surface area contributed by atoms with E-state index in [-0.39, 0.29) is 123 Å². The Morgan fingerprint density at radius 1 is 0.705 bits per heavy atom. The van der Waals surface area contributed by atoms with E-state index < -0.39 is 107 Å². The molecule has 19 heteroatoms. The third-order valence-corrected chi connectivity index (χ3v) is 17.2. The maximum absolute atomic E-state index is 14.8. The molecule has 2 heterocycles. The van der Waals surface area contributed by atoms with Crippen molar-refractivity contribution in [2.75, 3.05) is 0 Å². The zero-order valence-electron chi connectivity index (χ0n) is 37.3. The minimum absolute atomic E-state index is 0. The zero-order valence-corrected chi connectivity index (χ0v) is 40.4. The molecule has 0 amide bonds. The fraction of sp³-hybridized carbons (Fsp3) is 0.857. The molecule has 19 atom stereocenters. The van der Waals surface area contributed by atoms with Crippen LogP contribution in [0.15, 0.2) is 11.6 Å². The number of ether oxygens (including phenoxy) is 4. The second kappa shape index (κ2) is 18.4. The summed E-state index contributed by atoms with van der Waals surface area (Å²) in [5.41, 5.74) is -2.11. The average molecular weight is 873 g/mol. The van der Waals surface area contributed by atoms with E-state index >= 15 is 0 Å². The molecule has 16 nitrogen and oxygen atoms in total. The van der Waals surface area contributed by atoms with Gasteiger partial charge in [0.25, 0.3) is 0 Å². The molecular weight excluding hydrogens is 813 g/mol. The number of aliphatic hydroxyl groups is 5. The molecule has 7 aliphatic rings. The van der Waals surface area contributed by atoms with Crippen LogP contribution in [0.25, 0.3) is 0 Å². The number of aliphatic hydroxyl groups excluding tert-OH is 5. The molecule has 2 saturated heterocycles. The summed E-state index contributed by atoms with van der Waals surface area (Å²) in [5.74, 6) is -5.37. The van der Waals surface area contributed by atoms with Crippen LogP contribution in [0.3, 0.4) is 0 Å². The Morgan fingerprint density at radius 2 is 1.26 bits per heavy atom. The first kappa shape index (κ1) is 53.9. The van der Waals surface area contributed by atoms with Gasteiger partial charge in [-0.25, -0.2) is 0 Å². The van der Waals surface area contributed by atoms with Crippen LogP contribution in [0, 0.1) is 50.2 Å². The van der Waals surface area contributed by atoms with E-state index in [4.69, 9.17) is 18.9 Å². The van der Waals surface area contributed by atoms with E-state index in [9.17, 15) is 60.0 Å². The van der Waals surface area contributed by atoms with Crippen molar-refractivity contribution in [2.24, 2.45) is 50.2 Å². The second-order valence-corrected chi connectivity index (χ2v) is 20.6. The predicted octanol–water partition coefficient (Wildman–Crippen LogP) is -10.7. The predicted molar refractivity (Wildman–Crippen MR) is 192 cm³/mol. The number of ketones is 1. The summed E-state index contributed by atoms with van der Waals surface area (Å²) in [6, 6.07) is 0. The molecule has 6 fully saturated rings. The number of carboxylic acid groups (broad SMARTS) is 3. The Morgan fingerprint density at radius 3 is 1.84 bits per heavy atom. The molecule has 61 heavy (non-hydrogen) atoms. The van der Waals surface area contributed by atoms with Crippen molar-refractivity contribution in [3.63, 3.8) is 0 Å². The Hall–Kier alpha value is 0.291. The Kier molecular flexibility index (Phi) is 16.3. The number of hydrogen-bond donors (Lipinski definition) is 5. The van der Waals surface area contributed by atoms with Crippen molar-refractivity contribution in [1.82, 2.24) is 0 Å². The maximum Gasteiger partial charge on any atom is 1.00 e. The number of hydrogen-bond acceptors (Lipinski definition) is 16. The smallest absolute Gasteiger partial charge is 0.550 e. The molecule has 0 aromatic carbocycles. The summed E-state index contributed by atoms with van der Waals surface area (Å²) in [4.78, 5) is 50.9. The summed E-state index contributed by atoms with van der Waals surface area (Å²) in [7, 11) is 0. The van der Waals surface area contributed by atoms with Crippen LogP contribution < -0.4 is 104 Å². The fourth-order valence-corrected chi connectivity index (χ4v) is 13.3. The van der Waals surface area contributed by atoms with Gasteiger partial charge in [-0.1, -0.05) is 54.0 Å². The third-order valence-electron chi connectivity index (χ3n) is 17.2. The van der Waals surface area contributed by atoms with Gasteiger partial charge in [-0.15, -0.1) is 0 Å². The summed E-state index contributed by atoms with van der Waals surface area (Å²) in [6.45, 7) is 14.6. The summed E-state index contributed by atoms with van der Waals surface area (Å²) >= 11 is 0. The minimum Gasteiger partial charge on any atom is -0.550 e. The first-order valence-corrected chi connectivity index (χ1v) is 20.7. The van der Waals surface area contributed by atoms with Crippen LogP contribution in [0.2, 0.25) is 0 Å². The third kappa shape index (κ3) is 8.39. The molecule has 7 rings (SSSR count). The number of rotatable bonds is 7. The zero-order chi connectivity index (χ0) is 42.9. The Balaban J connectivity index is 0.00000273. The van der Waals surface area contributed by atoms with Gasteiger partial charge in [0.2, 0.25) is 0 Å². The van der Waals surface area contributed by atoms with E-state index in [2.05, 4.69) is 27.7 Å². The monoisotopic (exact) mass is 872 g/mol. The molecule has 0 aromatic heterocycles. The molecule has 2 aliphatic heterocycles. The maximum atomic E-state index is 14.8. The molecule has 4 unspecified atom stereocenters. The van der Waals surface area contributed by atoms with E-state index in [1.165, 1.54) is 0 Å². The minimum atomic E-state index is -2.16. The van der Waals surface area contributed by atoms with E-state index in [1.807, 2.05) is 19.9 Å². The van der Waals surface area contributed by atoms with Gasteiger partial charge in [0.05, 0.1) is 18.0 Å². The van der Waals surface area contributed by atoms with Crippen LogP contribution in [0.4, 0.5) is 0 Å². The molecule has 0 spiro atoms. The van der Waals surface area contributed by atoms with Crippen LogP contribution in [-0.2, 0) is 38.1 Å². The van der Waals surface area contributed by atoms with E-state index in [0.29, 0.717) is 38.5 Å². The largest absolute Gasteiger partial charge is 1.00 e. The SMILES string of the molecule is CC1(C)C(O[C@@H]2O[C@H](C(=O)[O-])[C@@H](O)[C@H](O)[C@H]2O[C@@H]2O[C@H](C(=O)[O-])[C@@H](O)[C@H](O)[C@H]2O)CC[C@@]2(C)C1CC[C@]1(C)C2C(=O)C=C2C3C[C@@](C)(C(=O)[O-])CC[C@]3(C)CC[C@]21C.[K+].[Li+].[Li+]. The van der Waals surface area contributed by atoms with Crippen molar-refractivity contribution >= 4 is 23.7 Å². The molecule has 0 aromatic rings. The van der Waals surface area contributed by atoms with Crippen molar-refractivity contribution in [3.8, 4) is 0 Å². The van der Waals surface area contributed by atoms with Crippen LogP contribution >= 0.6 is 0 Å². The number of carbonyl (C=O) groups excluding carboxylic acids is 4. The van der Waals surface area contributed by atoms with Crippen molar-refractivity contribution in [3.05, 3.63) is 11.6 Å². The standard InChI is InChI=1S/C42H62O16.K.2Li/c1-37(2)21-8-11-42(7)31(20(43)16-18-19-17-39(4,36(53)54)13-12-38(19,3)14-15-41(18,42)6)40(21,5)10-9-22(37)55-35-30(26(47)25(46)29(57-35)33(51)52)58-34-27(48)23(44)24(45)28(56-34)32(49)50;;;/h16,19,21-31,34-35,44-48H,8-15,17H2,1-7H3,(H,49,50)(H,51,52)(H,53,54);;;/q;3*+1/p-3/t19?,21?,22?,23-,24-,25-,26-,27+,28-,29-,30+,31?,34-,35+,38+,39-,40-,41+,42+;;;/m0.../s1. The molecule has 0 bridgehead atoms. The van der Waals surface area contributed by atoms with Crippen LogP contribution in [0.5, 0.6) is 0 Å². The van der Waals surface area contributed by atoms with Crippen molar-refractivity contribution < 1.29 is 168 Å². The normalized spacial score (nSPS) is 50.0. The number of carboxylic acids is 3. The Bertz CT molecular complexity index is 1750. The van der Waals surface area contributed by atoms with Gasteiger partial charge in [0.15, 0.2) is 18.4 Å². The molecule has 4 saturated carbocycles. The Labute approximate surface area is 423 Å². The fourth-order valence-electron chi connectivity index (χ4n) is 13.3. The number of aliphatic carboxylic acids is 3. The number of allylic oxidation sites excluding steroid dienone is 2. The van der Waals surface area contributed by atoms with Gasteiger partial charge in [-0.05, 0) is 103 Å². The molecule has 5 N–H and O–H groups in total. The van der Waals surface area contributed by atoms with Crippen LogP contribution in [0.1, 0.15) is 106 Å². The summed E-state index contributed by atoms with van der Waals surface area (Å²) in [6.07, 6.45) is -13.4. The van der Waals surface area contributed by atoms with Crippen molar-refractivity contribution in [2.45, 2.75) is 174 Å². The second-order valence-electron chi connectivity index (χ2n) is 20.6. The van der Waals surface area contributed by atoms with Gasteiger partial charge < -0.3 is 74.2 Å². The van der Waals surface area contributed by atoms with Gasteiger partial charge in [0.1, 0.15) is 48.8 Å². The van der Waals surface area contributed by atoms with Crippen LogP contribution in [-0.4, -0.2) is 117 Å². The number of fused-ring (bicyclic) bond motifs is 7. The van der Waals surface area contributed by atoms with Gasteiger partial charge in [-0.2, -0.15) is 0 Å². The molecule has 0 radical (unpaired) electrons. The first-order chi connectivity index (χ1) is 26.8. The molecule has 326 valence electrons. The summed E-state index contributed by atoms with van der Waals surface area (Å²) < 4.78 is 23.1. The molecule has 5 aliphatic carbocycles. The summed E-state index contributed by atoms with van der Waals surface area (Å²) in [5, 5.41) is 89.2. The van der Waals surface area contributed by atoms with Gasteiger partial charge in [-0.3, -0.25) is 4.79 Å². The quantitative estimate of drug-likeness (QED) is 0.117. The van der Waals surface area contributed by atoms with E-state index in [1.54, 1.807) is 6.92 Å². The first-order valence-electron chi connectivity index (χ1n) is 20.7. The topological polar surface area (TPSA) is 276 Å².